The fraction of sp³-hybridized carbons (Fsp3) is 0.364. The number of carbonyl (C=O) groups excluding carboxylic acids is 1. The zero-order valence-corrected chi connectivity index (χ0v) is 17.9. The molecule has 0 bridgehead atoms. The second-order valence-electron chi connectivity index (χ2n) is 7.77. The summed E-state index contributed by atoms with van der Waals surface area (Å²) in [5, 5.41) is 8.77. The Morgan fingerprint density at radius 2 is 2.03 bits per heavy atom. The average Bonchev–Trinajstić information content (AvgIpc) is 3.51. The maximum atomic E-state index is 13.3. The van der Waals surface area contributed by atoms with Gasteiger partial charge in [-0.2, -0.15) is 13.2 Å². The highest BCUT2D eigenvalue weighted by atomic mass is 32.2. The van der Waals surface area contributed by atoms with Gasteiger partial charge in [-0.05, 0) is 54.5 Å². The van der Waals surface area contributed by atoms with Gasteiger partial charge in [-0.25, -0.2) is 4.98 Å². The van der Waals surface area contributed by atoms with Crippen LogP contribution in [-0.2, 0) is 19.6 Å². The molecule has 1 aliphatic carbocycles. The predicted molar refractivity (Wildman–Crippen MR) is 111 cm³/mol. The largest absolute Gasteiger partial charge is 0.433 e. The first-order valence-corrected chi connectivity index (χ1v) is 10.8. The molecule has 4 rings (SSSR count). The average molecular weight is 446 g/mol. The lowest BCUT2D eigenvalue weighted by molar-refractivity contribution is -0.141. The van der Waals surface area contributed by atoms with Gasteiger partial charge in [0.2, 0.25) is 0 Å². The van der Waals surface area contributed by atoms with E-state index in [1.807, 2.05) is 36.7 Å². The second kappa shape index (κ2) is 8.45. The monoisotopic (exact) mass is 446 g/mol. The van der Waals surface area contributed by atoms with Gasteiger partial charge < -0.3 is 4.57 Å². The van der Waals surface area contributed by atoms with E-state index in [2.05, 4.69) is 15.2 Å². The van der Waals surface area contributed by atoms with E-state index in [1.165, 1.54) is 17.8 Å². The summed E-state index contributed by atoms with van der Waals surface area (Å²) in [7, 11) is 1.86. The van der Waals surface area contributed by atoms with Crippen LogP contribution in [0, 0.1) is 0 Å². The van der Waals surface area contributed by atoms with Crippen LogP contribution < -0.4 is 0 Å². The first-order chi connectivity index (χ1) is 14.7. The highest BCUT2D eigenvalue weighted by Gasteiger charge is 2.35. The molecule has 5 nitrogen and oxygen atoms in total. The maximum absolute atomic E-state index is 13.3. The molecule has 1 atom stereocenters. The van der Waals surface area contributed by atoms with Crippen molar-refractivity contribution in [3.63, 3.8) is 0 Å². The lowest BCUT2D eigenvalue weighted by atomic mass is 10.0. The van der Waals surface area contributed by atoms with Crippen LogP contribution in [-0.4, -0.2) is 25.5 Å². The molecule has 0 spiro atoms. The molecule has 3 aromatic rings. The highest BCUT2D eigenvalue weighted by Crippen LogP contribution is 2.42. The van der Waals surface area contributed by atoms with Gasteiger partial charge in [-0.15, -0.1) is 10.2 Å². The van der Waals surface area contributed by atoms with Crippen molar-refractivity contribution in [1.82, 2.24) is 19.7 Å². The SMILES string of the molecule is C[C@H](Sc1nncn1C)c1cccc(CC(=O)c2cc(C3CC3)cc(C(F)(F)F)n2)c1. The van der Waals surface area contributed by atoms with Crippen LogP contribution in [0.15, 0.2) is 47.9 Å². The Kier molecular flexibility index (Phi) is 5.88. The van der Waals surface area contributed by atoms with Gasteiger partial charge in [0.15, 0.2) is 10.9 Å². The maximum Gasteiger partial charge on any atom is 0.433 e. The fourth-order valence-corrected chi connectivity index (χ4v) is 4.24. The van der Waals surface area contributed by atoms with Crippen LogP contribution in [0.5, 0.6) is 0 Å². The normalized spacial score (nSPS) is 15.1. The standard InChI is InChI=1S/C22H21F3N4OS/c1-13(31-21-28-26-12-29(21)2)16-5-3-4-14(8-16)9-19(30)18-10-17(15-6-7-15)11-20(27-18)22(23,24)25/h3-5,8,10-13,15H,6-7,9H2,1-2H3/t13-/m0/s1. The minimum absolute atomic E-state index is 0.00635. The Balaban J connectivity index is 1.53. The summed E-state index contributed by atoms with van der Waals surface area (Å²) < 4.78 is 41.6. The molecular weight excluding hydrogens is 425 g/mol. The third-order valence-corrected chi connectivity index (χ3v) is 6.42. The van der Waals surface area contributed by atoms with E-state index < -0.39 is 17.7 Å². The number of pyridine rings is 1. The number of halogens is 3. The Labute approximate surface area is 182 Å². The van der Waals surface area contributed by atoms with Gasteiger partial charge in [0, 0.05) is 18.7 Å². The molecule has 0 saturated heterocycles. The second-order valence-corrected chi connectivity index (χ2v) is 9.08. The molecule has 1 aromatic carbocycles. The van der Waals surface area contributed by atoms with Crippen molar-refractivity contribution in [3.8, 4) is 0 Å². The number of thioether (sulfide) groups is 1. The smallest absolute Gasteiger partial charge is 0.312 e. The third kappa shape index (κ3) is 5.15. The molecule has 2 aromatic heterocycles. The van der Waals surface area contributed by atoms with E-state index >= 15 is 0 Å². The summed E-state index contributed by atoms with van der Waals surface area (Å²) in [6, 6.07) is 10.1. The highest BCUT2D eigenvalue weighted by molar-refractivity contribution is 7.99. The summed E-state index contributed by atoms with van der Waals surface area (Å²) in [5.74, 6) is -0.323. The van der Waals surface area contributed by atoms with E-state index in [0.29, 0.717) is 5.56 Å². The number of hydrogen-bond donors (Lipinski definition) is 0. The Morgan fingerprint density at radius 3 is 2.68 bits per heavy atom. The molecule has 1 aliphatic rings. The number of aromatic nitrogens is 4. The fourth-order valence-electron chi connectivity index (χ4n) is 3.33. The number of nitrogens with zero attached hydrogens (tertiary/aromatic N) is 4. The molecule has 162 valence electrons. The van der Waals surface area contributed by atoms with E-state index in [1.54, 1.807) is 12.4 Å². The molecular formula is C22H21F3N4OS. The molecule has 0 radical (unpaired) electrons. The van der Waals surface area contributed by atoms with Crippen LogP contribution in [0.4, 0.5) is 13.2 Å². The number of rotatable bonds is 7. The molecule has 0 N–H and O–H groups in total. The first-order valence-electron chi connectivity index (χ1n) is 9.92. The molecule has 2 heterocycles. The quantitative estimate of drug-likeness (QED) is 0.360. The number of benzene rings is 1. The van der Waals surface area contributed by atoms with Crippen LogP contribution in [0.2, 0.25) is 0 Å². The third-order valence-electron chi connectivity index (χ3n) is 5.21. The summed E-state index contributed by atoms with van der Waals surface area (Å²) in [4.78, 5) is 16.4. The number of hydrogen-bond acceptors (Lipinski definition) is 5. The Bertz CT molecular complexity index is 1110. The van der Waals surface area contributed by atoms with E-state index in [0.717, 1.165) is 35.2 Å². The van der Waals surface area contributed by atoms with Crippen LogP contribution in [0.3, 0.4) is 0 Å². The molecule has 0 aliphatic heterocycles. The van der Waals surface area contributed by atoms with Crippen molar-refractivity contribution in [2.24, 2.45) is 7.05 Å². The van der Waals surface area contributed by atoms with Gasteiger partial charge in [-0.3, -0.25) is 4.79 Å². The van der Waals surface area contributed by atoms with Gasteiger partial charge in [0.05, 0.1) is 0 Å². The zero-order valence-electron chi connectivity index (χ0n) is 17.1. The first kappa shape index (κ1) is 21.5. The van der Waals surface area contributed by atoms with E-state index in [4.69, 9.17) is 0 Å². The van der Waals surface area contributed by atoms with E-state index in [-0.39, 0.29) is 23.3 Å². The molecule has 31 heavy (non-hydrogen) atoms. The number of carbonyl (C=O) groups is 1. The summed E-state index contributed by atoms with van der Waals surface area (Å²) in [6.45, 7) is 2.02. The minimum atomic E-state index is -4.58. The number of Topliss-reactive ketones (excluding diaryl/α,β-unsaturated/α-hetero) is 1. The lowest BCUT2D eigenvalue weighted by Gasteiger charge is -2.13. The van der Waals surface area contributed by atoms with Crippen molar-refractivity contribution in [1.29, 1.82) is 0 Å². The van der Waals surface area contributed by atoms with Crippen LogP contribution in [0.1, 0.15) is 63.8 Å². The van der Waals surface area contributed by atoms with Crippen LogP contribution in [0.25, 0.3) is 0 Å². The topological polar surface area (TPSA) is 60.7 Å². The molecule has 0 unspecified atom stereocenters. The van der Waals surface area contributed by atoms with Crippen molar-refractivity contribution < 1.29 is 18.0 Å². The molecule has 1 fully saturated rings. The molecule has 0 amide bonds. The summed E-state index contributed by atoms with van der Waals surface area (Å²) >= 11 is 1.54. The van der Waals surface area contributed by atoms with Gasteiger partial charge in [0.1, 0.15) is 17.7 Å². The number of alkyl halides is 3. The van der Waals surface area contributed by atoms with Gasteiger partial charge in [0.25, 0.3) is 0 Å². The summed E-state index contributed by atoms with van der Waals surface area (Å²) in [5.41, 5.74) is 1.16. The number of ketones is 1. The Hall–Kier alpha value is -2.68. The van der Waals surface area contributed by atoms with Gasteiger partial charge >= 0.3 is 6.18 Å². The molecule has 9 heteroatoms. The summed E-state index contributed by atoms with van der Waals surface area (Å²) in [6.07, 6.45) is -1.27. The van der Waals surface area contributed by atoms with Crippen molar-refractivity contribution in [3.05, 3.63) is 70.8 Å². The minimum Gasteiger partial charge on any atom is -0.312 e. The number of aryl methyl sites for hydroxylation is 1. The van der Waals surface area contributed by atoms with Crippen molar-refractivity contribution >= 4 is 17.5 Å². The Morgan fingerprint density at radius 1 is 1.26 bits per heavy atom. The van der Waals surface area contributed by atoms with E-state index in [9.17, 15) is 18.0 Å². The van der Waals surface area contributed by atoms with Crippen molar-refractivity contribution in [2.75, 3.05) is 0 Å². The zero-order chi connectivity index (χ0) is 22.2. The van der Waals surface area contributed by atoms with Crippen LogP contribution >= 0.6 is 11.8 Å². The lowest BCUT2D eigenvalue weighted by Crippen LogP contribution is -2.14. The van der Waals surface area contributed by atoms with Gasteiger partial charge in [-0.1, -0.05) is 36.0 Å². The molecule has 1 saturated carbocycles. The predicted octanol–water partition coefficient (Wildman–Crippen LogP) is 5.39. The van der Waals surface area contributed by atoms with Crippen molar-refractivity contribution in [2.45, 2.75) is 48.7 Å².